The van der Waals surface area contributed by atoms with Crippen molar-refractivity contribution >= 4 is 11.6 Å². The van der Waals surface area contributed by atoms with E-state index >= 15 is 0 Å². The van der Waals surface area contributed by atoms with E-state index in [9.17, 15) is 9.65 Å². The highest BCUT2D eigenvalue weighted by Crippen LogP contribution is 2.43. The summed E-state index contributed by atoms with van der Waals surface area (Å²) in [4.78, 5) is 1.92. The van der Waals surface area contributed by atoms with Gasteiger partial charge in [-0.25, -0.2) is 4.39 Å². The van der Waals surface area contributed by atoms with Crippen molar-refractivity contribution in [1.29, 1.82) is 10.7 Å². The zero-order valence-electron chi connectivity index (χ0n) is 12.9. The summed E-state index contributed by atoms with van der Waals surface area (Å²) in [7, 11) is 3.81. The SMILES string of the molecule is CN(C)c1ccc2c(c1)OC(=N)C(C#N)C2c1ccccc1F. The number of hydrogen-bond donors (Lipinski definition) is 1. The van der Waals surface area contributed by atoms with Gasteiger partial charge in [0.2, 0.25) is 5.90 Å². The number of benzene rings is 2. The molecule has 2 atom stereocenters. The van der Waals surface area contributed by atoms with Crippen LogP contribution in [0.5, 0.6) is 5.75 Å². The molecule has 0 saturated carbocycles. The van der Waals surface area contributed by atoms with Crippen molar-refractivity contribution in [1.82, 2.24) is 0 Å². The van der Waals surface area contributed by atoms with Crippen LogP contribution >= 0.6 is 0 Å². The van der Waals surface area contributed by atoms with Gasteiger partial charge in [-0.1, -0.05) is 24.3 Å². The van der Waals surface area contributed by atoms with Crippen molar-refractivity contribution in [2.75, 3.05) is 19.0 Å². The quantitative estimate of drug-likeness (QED) is 0.923. The first-order valence-corrected chi connectivity index (χ1v) is 7.24. The van der Waals surface area contributed by atoms with E-state index in [2.05, 4.69) is 6.07 Å². The number of hydrogen-bond acceptors (Lipinski definition) is 4. The minimum Gasteiger partial charge on any atom is -0.442 e. The van der Waals surface area contributed by atoms with Crippen molar-refractivity contribution in [3.8, 4) is 11.8 Å². The third-order valence-corrected chi connectivity index (χ3v) is 4.06. The number of anilines is 1. The minimum absolute atomic E-state index is 0.149. The number of fused-ring (bicyclic) bond motifs is 1. The molecule has 0 saturated heterocycles. The molecule has 3 rings (SSSR count). The molecule has 0 bridgehead atoms. The molecule has 1 heterocycles. The normalized spacial score (nSPS) is 19.5. The average Bonchev–Trinajstić information content (AvgIpc) is 2.53. The number of nitrogens with one attached hydrogen (secondary N) is 1. The monoisotopic (exact) mass is 309 g/mol. The van der Waals surface area contributed by atoms with Gasteiger partial charge < -0.3 is 9.64 Å². The topological polar surface area (TPSA) is 60.1 Å². The summed E-state index contributed by atoms with van der Waals surface area (Å²) in [6.45, 7) is 0. The summed E-state index contributed by atoms with van der Waals surface area (Å²) in [6, 6.07) is 14.0. The number of halogens is 1. The predicted octanol–water partition coefficient (Wildman–Crippen LogP) is 3.53. The molecule has 1 N–H and O–H groups in total. The molecule has 0 amide bonds. The van der Waals surface area contributed by atoms with E-state index in [0.29, 0.717) is 11.3 Å². The van der Waals surface area contributed by atoms with Crippen LogP contribution in [0.4, 0.5) is 10.1 Å². The first-order chi connectivity index (χ1) is 11.0. The Bertz CT molecular complexity index is 810. The molecule has 1 aliphatic rings. The fourth-order valence-electron chi connectivity index (χ4n) is 2.87. The first-order valence-electron chi connectivity index (χ1n) is 7.24. The Hall–Kier alpha value is -2.87. The van der Waals surface area contributed by atoms with E-state index in [1.54, 1.807) is 18.2 Å². The van der Waals surface area contributed by atoms with E-state index in [-0.39, 0.29) is 11.7 Å². The molecule has 2 aromatic carbocycles. The Labute approximate surface area is 134 Å². The van der Waals surface area contributed by atoms with Gasteiger partial charge in [-0.05, 0) is 17.7 Å². The Balaban J connectivity index is 2.20. The van der Waals surface area contributed by atoms with Crippen molar-refractivity contribution in [2.45, 2.75) is 5.92 Å². The van der Waals surface area contributed by atoms with Gasteiger partial charge in [0.15, 0.2) is 0 Å². The van der Waals surface area contributed by atoms with Crippen LogP contribution in [0, 0.1) is 28.5 Å². The lowest BCUT2D eigenvalue weighted by atomic mass is 9.79. The van der Waals surface area contributed by atoms with Crippen molar-refractivity contribution in [2.24, 2.45) is 5.92 Å². The number of rotatable bonds is 2. The summed E-state index contributed by atoms with van der Waals surface area (Å²) in [5, 5.41) is 17.5. The standard InChI is InChI=1S/C18H16FN3O/c1-22(2)11-7-8-13-16(9-11)23-18(21)14(10-20)17(13)12-5-3-4-6-15(12)19/h3-9,14,17,21H,1-2H3. The lowest BCUT2D eigenvalue weighted by molar-refractivity contribution is 0.444. The van der Waals surface area contributed by atoms with E-state index in [1.165, 1.54) is 6.07 Å². The second kappa shape index (κ2) is 5.73. The Morgan fingerprint density at radius 2 is 1.91 bits per heavy atom. The molecule has 0 aromatic heterocycles. The Morgan fingerprint density at radius 3 is 2.57 bits per heavy atom. The van der Waals surface area contributed by atoms with E-state index < -0.39 is 11.8 Å². The van der Waals surface area contributed by atoms with Gasteiger partial charge in [-0.3, -0.25) is 5.41 Å². The summed E-state index contributed by atoms with van der Waals surface area (Å²) in [6.07, 6.45) is 0. The van der Waals surface area contributed by atoms with Crippen molar-refractivity contribution < 1.29 is 9.13 Å². The second-order valence-corrected chi connectivity index (χ2v) is 5.69. The number of ether oxygens (including phenoxy) is 1. The fraction of sp³-hybridized carbons (Fsp3) is 0.222. The van der Waals surface area contributed by atoms with Gasteiger partial charge in [-0.15, -0.1) is 0 Å². The van der Waals surface area contributed by atoms with Gasteiger partial charge >= 0.3 is 0 Å². The highest BCUT2D eigenvalue weighted by atomic mass is 19.1. The highest BCUT2D eigenvalue weighted by Gasteiger charge is 2.38. The molecule has 4 nitrogen and oxygen atoms in total. The maximum absolute atomic E-state index is 14.3. The summed E-state index contributed by atoms with van der Waals surface area (Å²) < 4.78 is 19.8. The van der Waals surface area contributed by atoms with Gasteiger partial charge in [-0.2, -0.15) is 5.26 Å². The van der Waals surface area contributed by atoms with E-state index in [1.807, 2.05) is 37.2 Å². The third kappa shape index (κ3) is 2.53. The Kier molecular flexibility index (Phi) is 3.75. The summed E-state index contributed by atoms with van der Waals surface area (Å²) >= 11 is 0. The van der Waals surface area contributed by atoms with Crippen LogP contribution in [0.1, 0.15) is 17.0 Å². The summed E-state index contributed by atoms with van der Waals surface area (Å²) in [5.41, 5.74) is 2.05. The van der Waals surface area contributed by atoms with Crippen LogP contribution in [0.3, 0.4) is 0 Å². The lowest BCUT2D eigenvalue weighted by Crippen LogP contribution is -2.31. The molecular weight excluding hydrogens is 293 g/mol. The molecule has 23 heavy (non-hydrogen) atoms. The molecule has 5 heteroatoms. The van der Waals surface area contributed by atoms with Gasteiger partial charge in [0.05, 0.1) is 6.07 Å². The average molecular weight is 309 g/mol. The van der Waals surface area contributed by atoms with Crippen LogP contribution in [0.15, 0.2) is 42.5 Å². The maximum atomic E-state index is 14.3. The van der Waals surface area contributed by atoms with Crippen molar-refractivity contribution in [3.05, 3.63) is 59.4 Å². The van der Waals surface area contributed by atoms with Crippen LogP contribution in [0.2, 0.25) is 0 Å². The molecule has 0 spiro atoms. The third-order valence-electron chi connectivity index (χ3n) is 4.06. The van der Waals surface area contributed by atoms with Gasteiger partial charge in [0, 0.05) is 37.3 Å². The van der Waals surface area contributed by atoms with Crippen LogP contribution < -0.4 is 9.64 Å². The molecule has 116 valence electrons. The van der Waals surface area contributed by atoms with E-state index in [4.69, 9.17) is 10.1 Å². The molecule has 0 radical (unpaired) electrons. The summed E-state index contributed by atoms with van der Waals surface area (Å²) in [5.74, 6) is -1.42. The molecule has 0 fully saturated rings. The predicted molar refractivity (Wildman–Crippen MR) is 86.5 cm³/mol. The number of nitriles is 1. The van der Waals surface area contributed by atoms with Crippen LogP contribution in [-0.4, -0.2) is 20.0 Å². The maximum Gasteiger partial charge on any atom is 0.205 e. The van der Waals surface area contributed by atoms with Crippen LogP contribution in [-0.2, 0) is 0 Å². The molecule has 2 unspecified atom stereocenters. The molecule has 2 aromatic rings. The van der Waals surface area contributed by atoms with E-state index in [0.717, 1.165) is 11.3 Å². The van der Waals surface area contributed by atoms with Gasteiger partial charge in [0.25, 0.3) is 0 Å². The zero-order chi connectivity index (χ0) is 16.6. The van der Waals surface area contributed by atoms with Gasteiger partial charge in [0.1, 0.15) is 17.5 Å². The molecular formula is C18H16FN3O. The lowest BCUT2D eigenvalue weighted by Gasteiger charge is -2.31. The minimum atomic E-state index is -0.843. The van der Waals surface area contributed by atoms with Crippen molar-refractivity contribution in [3.63, 3.8) is 0 Å². The Morgan fingerprint density at radius 1 is 1.17 bits per heavy atom. The first kappa shape index (κ1) is 15.0. The number of nitrogens with zero attached hydrogens (tertiary/aromatic N) is 2. The highest BCUT2D eigenvalue weighted by molar-refractivity contribution is 5.85. The molecule has 1 aliphatic heterocycles. The van der Waals surface area contributed by atoms with Crippen LogP contribution in [0.25, 0.3) is 0 Å². The largest absolute Gasteiger partial charge is 0.442 e. The molecule has 0 aliphatic carbocycles. The second-order valence-electron chi connectivity index (χ2n) is 5.69. The fourth-order valence-corrected chi connectivity index (χ4v) is 2.87. The smallest absolute Gasteiger partial charge is 0.205 e. The zero-order valence-corrected chi connectivity index (χ0v) is 12.9.